The third kappa shape index (κ3) is 16.7. The van der Waals surface area contributed by atoms with Crippen LogP contribution in [0.2, 0.25) is 0 Å². The lowest BCUT2D eigenvalue weighted by atomic mass is 10.2. The monoisotopic (exact) mass is 336 g/mol. The summed E-state index contributed by atoms with van der Waals surface area (Å²) in [6, 6.07) is 0. The number of carbonyl (C=O) groups excluding carboxylic acids is 1. The van der Waals surface area contributed by atoms with Crippen molar-refractivity contribution in [1.29, 1.82) is 0 Å². The Morgan fingerprint density at radius 1 is 0.875 bits per heavy atom. The topological polar surface area (TPSA) is 26.3 Å². The minimum absolute atomic E-state index is 0.160. The Morgan fingerprint density at radius 2 is 1.50 bits per heavy atom. The van der Waals surface area contributed by atoms with Gasteiger partial charge in [0.15, 0.2) is 0 Å². The van der Waals surface area contributed by atoms with Gasteiger partial charge in [-0.2, -0.15) is 0 Å². The zero-order chi connectivity index (χ0) is 17.9. The van der Waals surface area contributed by atoms with Crippen molar-refractivity contribution in [2.45, 2.75) is 71.1 Å². The molecule has 0 aliphatic heterocycles. The Morgan fingerprint density at radius 3 is 2.12 bits per heavy atom. The lowest BCUT2D eigenvalue weighted by Gasteiger charge is -1.97. The van der Waals surface area contributed by atoms with Gasteiger partial charge in [-0.25, -0.2) is 4.39 Å². The molecule has 0 amide bonds. The number of ether oxygens (including phenoxy) is 1. The molecule has 0 rings (SSSR count). The number of hydrogen-bond donors (Lipinski definition) is 0. The van der Waals surface area contributed by atoms with Crippen LogP contribution in [-0.2, 0) is 9.53 Å². The van der Waals surface area contributed by atoms with E-state index < -0.39 is 0 Å². The van der Waals surface area contributed by atoms with Crippen LogP contribution in [0.3, 0.4) is 0 Å². The average Bonchev–Trinajstić information content (AvgIpc) is 2.58. The van der Waals surface area contributed by atoms with Crippen LogP contribution in [0.4, 0.5) is 4.39 Å². The molecule has 0 saturated heterocycles. The van der Waals surface area contributed by atoms with E-state index >= 15 is 0 Å². The predicted octanol–water partition coefficient (Wildman–Crippen LogP) is 6.60. The number of esters is 1. The van der Waals surface area contributed by atoms with Crippen molar-refractivity contribution in [2.75, 3.05) is 7.11 Å². The summed E-state index contributed by atoms with van der Waals surface area (Å²) in [6.07, 6.45) is 22.9. The Kier molecular flexibility index (Phi) is 16.5. The maximum atomic E-state index is 13.4. The maximum Gasteiger partial charge on any atom is 0.305 e. The molecule has 0 atom stereocenters. The second kappa shape index (κ2) is 17.7. The SMILES string of the molecule is CCCCC/C=C\C/C=C\C/C=C\C/C=C(/F)CCCC(=O)OC. The van der Waals surface area contributed by atoms with Crippen molar-refractivity contribution >= 4 is 5.97 Å². The van der Waals surface area contributed by atoms with E-state index in [1.54, 1.807) is 6.08 Å². The van der Waals surface area contributed by atoms with Crippen LogP contribution in [0.15, 0.2) is 48.4 Å². The third-order valence-electron chi connectivity index (χ3n) is 3.52. The van der Waals surface area contributed by atoms with Gasteiger partial charge in [0.05, 0.1) is 12.9 Å². The van der Waals surface area contributed by atoms with E-state index in [2.05, 4.69) is 36.0 Å². The van der Waals surface area contributed by atoms with Crippen LogP contribution in [0.5, 0.6) is 0 Å². The van der Waals surface area contributed by atoms with Gasteiger partial charge in [0.2, 0.25) is 0 Å². The fourth-order valence-corrected chi connectivity index (χ4v) is 2.07. The van der Waals surface area contributed by atoms with Crippen molar-refractivity contribution in [3.63, 3.8) is 0 Å². The number of carbonyl (C=O) groups is 1. The minimum atomic E-state index is -0.287. The molecule has 0 aromatic heterocycles. The molecule has 0 aromatic carbocycles. The largest absolute Gasteiger partial charge is 0.469 e. The summed E-state index contributed by atoms with van der Waals surface area (Å²) in [7, 11) is 1.34. The van der Waals surface area contributed by atoms with Gasteiger partial charge in [0.25, 0.3) is 0 Å². The molecule has 0 aromatic rings. The van der Waals surface area contributed by atoms with E-state index in [-0.39, 0.29) is 18.2 Å². The molecule has 0 N–H and O–H groups in total. The third-order valence-corrected chi connectivity index (χ3v) is 3.52. The maximum absolute atomic E-state index is 13.4. The molecule has 24 heavy (non-hydrogen) atoms. The second-order valence-electron chi connectivity index (χ2n) is 5.70. The van der Waals surface area contributed by atoms with Gasteiger partial charge in [0, 0.05) is 6.42 Å². The van der Waals surface area contributed by atoms with Gasteiger partial charge in [-0.05, 0) is 51.0 Å². The van der Waals surface area contributed by atoms with Gasteiger partial charge in [-0.1, -0.05) is 56.2 Å². The van der Waals surface area contributed by atoms with Crippen molar-refractivity contribution in [3.05, 3.63) is 48.4 Å². The van der Waals surface area contributed by atoms with E-state index in [0.717, 1.165) is 12.8 Å². The fraction of sp³-hybridized carbons (Fsp3) is 0.571. The normalized spacial score (nSPS) is 12.7. The lowest BCUT2D eigenvalue weighted by molar-refractivity contribution is -0.140. The van der Waals surface area contributed by atoms with Gasteiger partial charge in [-0.15, -0.1) is 0 Å². The van der Waals surface area contributed by atoms with Crippen LogP contribution in [0.1, 0.15) is 71.1 Å². The molecule has 0 saturated carbocycles. The first kappa shape index (κ1) is 22.4. The quantitative estimate of drug-likeness (QED) is 0.203. The average molecular weight is 336 g/mol. The van der Waals surface area contributed by atoms with Crippen LogP contribution in [0, 0.1) is 0 Å². The number of unbranched alkanes of at least 4 members (excludes halogenated alkanes) is 3. The molecule has 136 valence electrons. The highest BCUT2D eigenvalue weighted by Crippen LogP contribution is 2.10. The number of methoxy groups -OCH3 is 1. The highest BCUT2D eigenvalue weighted by Gasteiger charge is 2.01. The first-order chi connectivity index (χ1) is 11.7. The molecular weight excluding hydrogens is 303 g/mol. The summed E-state index contributed by atoms with van der Waals surface area (Å²) >= 11 is 0. The van der Waals surface area contributed by atoms with Crippen LogP contribution >= 0.6 is 0 Å². The summed E-state index contributed by atoms with van der Waals surface area (Å²) in [6.45, 7) is 2.22. The summed E-state index contributed by atoms with van der Waals surface area (Å²) in [5, 5.41) is 0. The molecule has 0 aliphatic rings. The summed E-state index contributed by atoms with van der Waals surface area (Å²) in [5.41, 5.74) is 0. The van der Waals surface area contributed by atoms with Crippen LogP contribution < -0.4 is 0 Å². The van der Waals surface area contributed by atoms with Crippen molar-refractivity contribution in [3.8, 4) is 0 Å². The second-order valence-corrected chi connectivity index (χ2v) is 5.70. The first-order valence-electron chi connectivity index (χ1n) is 9.07. The van der Waals surface area contributed by atoms with E-state index in [1.165, 1.54) is 32.8 Å². The highest BCUT2D eigenvalue weighted by molar-refractivity contribution is 5.69. The van der Waals surface area contributed by atoms with Crippen molar-refractivity contribution in [2.24, 2.45) is 0 Å². The Labute approximate surface area is 147 Å². The number of allylic oxidation sites excluding steroid dienone is 8. The summed E-state index contributed by atoms with van der Waals surface area (Å²) in [4.78, 5) is 10.9. The number of rotatable bonds is 14. The molecule has 2 nitrogen and oxygen atoms in total. The van der Waals surface area contributed by atoms with Gasteiger partial charge < -0.3 is 4.74 Å². The van der Waals surface area contributed by atoms with Crippen molar-refractivity contribution < 1.29 is 13.9 Å². The fourth-order valence-electron chi connectivity index (χ4n) is 2.07. The van der Waals surface area contributed by atoms with E-state index in [0.29, 0.717) is 19.3 Å². The van der Waals surface area contributed by atoms with Crippen LogP contribution in [-0.4, -0.2) is 13.1 Å². The standard InChI is InChI=1S/C21H33FO2/c1-3-4-5-6-7-8-9-10-11-12-13-14-15-17-20(22)18-16-19-21(23)24-2/h7-8,10-11,13-14,17H,3-6,9,12,15-16,18-19H2,1-2H3/b8-7-,11-10-,14-13-,20-17+. The molecule has 0 radical (unpaired) electrons. The minimum Gasteiger partial charge on any atom is -0.469 e. The molecule has 0 aliphatic carbocycles. The zero-order valence-corrected chi connectivity index (χ0v) is 15.3. The predicted molar refractivity (Wildman–Crippen MR) is 100 cm³/mol. The van der Waals surface area contributed by atoms with E-state index in [4.69, 9.17) is 0 Å². The Balaban J connectivity index is 3.61. The smallest absolute Gasteiger partial charge is 0.305 e. The number of hydrogen-bond acceptors (Lipinski definition) is 2. The summed E-state index contributed by atoms with van der Waals surface area (Å²) in [5.74, 6) is -0.447. The highest BCUT2D eigenvalue weighted by atomic mass is 19.1. The molecule has 0 fully saturated rings. The lowest BCUT2D eigenvalue weighted by Crippen LogP contribution is -1.99. The van der Waals surface area contributed by atoms with Crippen LogP contribution in [0.25, 0.3) is 0 Å². The first-order valence-corrected chi connectivity index (χ1v) is 9.07. The number of halogens is 1. The van der Waals surface area contributed by atoms with E-state index in [9.17, 15) is 9.18 Å². The van der Waals surface area contributed by atoms with Gasteiger partial charge in [0.1, 0.15) is 0 Å². The molecule has 3 heteroatoms. The molecule has 0 bridgehead atoms. The van der Waals surface area contributed by atoms with Gasteiger partial charge in [-0.3, -0.25) is 4.79 Å². The van der Waals surface area contributed by atoms with Crippen molar-refractivity contribution in [1.82, 2.24) is 0 Å². The molecular formula is C21H33FO2. The Bertz CT molecular complexity index is 420. The molecule has 0 heterocycles. The van der Waals surface area contributed by atoms with Gasteiger partial charge >= 0.3 is 5.97 Å². The Hall–Kier alpha value is -1.64. The summed E-state index contributed by atoms with van der Waals surface area (Å²) < 4.78 is 17.9. The zero-order valence-electron chi connectivity index (χ0n) is 15.3. The molecule has 0 spiro atoms. The van der Waals surface area contributed by atoms with E-state index in [1.807, 2.05) is 12.2 Å². The molecule has 0 unspecified atom stereocenters.